The van der Waals surface area contributed by atoms with E-state index in [1.807, 2.05) is 6.07 Å². The van der Waals surface area contributed by atoms with E-state index in [0.29, 0.717) is 11.2 Å². The van der Waals surface area contributed by atoms with E-state index in [4.69, 9.17) is 12.2 Å². The Bertz CT molecular complexity index is 310. The number of hydrogen-bond acceptors (Lipinski definition) is 2. The number of halogens is 1. The van der Waals surface area contributed by atoms with Crippen molar-refractivity contribution >= 4 is 44.6 Å². The number of rotatable bonds is 3. The van der Waals surface area contributed by atoms with Gasteiger partial charge in [-0.2, -0.15) is 0 Å². The normalized spacial score (nSPS) is 10.3. The molecule has 0 aromatic carbocycles. The molecule has 0 spiro atoms. The average molecular weight is 293 g/mol. The van der Waals surface area contributed by atoms with Crippen molar-refractivity contribution in [2.45, 2.75) is 26.4 Å². The standard InChI is InChI=1S/C9H13BrN2S2/c1-6(2)12-9(13)11-5-7-3-4-8(10)14-7/h3-4,6H,5H2,1-2H3,(H2,11,12,13). The molecule has 1 rings (SSSR count). The summed E-state index contributed by atoms with van der Waals surface area (Å²) in [6.07, 6.45) is 0. The van der Waals surface area contributed by atoms with Crippen LogP contribution < -0.4 is 10.6 Å². The van der Waals surface area contributed by atoms with Crippen LogP contribution in [0.1, 0.15) is 18.7 Å². The molecule has 78 valence electrons. The summed E-state index contributed by atoms with van der Waals surface area (Å²) >= 11 is 10.2. The highest BCUT2D eigenvalue weighted by molar-refractivity contribution is 9.11. The predicted molar refractivity (Wildman–Crippen MR) is 69.7 cm³/mol. The molecule has 0 fully saturated rings. The van der Waals surface area contributed by atoms with Gasteiger partial charge in [0.25, 0.3) is 0 Å². The van der Waals surface area contributed by atoms with Crippen LogP contribution in [0.2, 0.25) is 0 Å². The number of thiocarbonyl (C=S) groups is 1. The molecule has 0 aliphatic heterocycles. The van der Waals surface area contributed by atoms with Gasteiger partial charge in [0.2, 0.25) is 0 Å². The Kier molecular flexibility index (Phi) is 4.84. The third-order valence-electron chi connectivity index (χ3n) is 1.47. The first-order valence-electron chi connectivity index (χ1n) is 4.36. The van der Waals surface area contributed by atoms with Gasteiger partial charge in [-0.15, -0.1) is 11.3 Å². The van der Waals surface area contributed by atoms with Crippen molar-refractivity contribution in [1.29, 1.82) is 0 Å². The maximum Gasteiger partial charge on any atom is 0.166 e. The van der Waals surface area contributed by atoms with Gasteiger partial charge in [0.05, 0.1) is 10.3 Å². The second-order valence-corrected chi connectivity index (χ2v) is 6.14. The topological polar surface area (TPSA) is 24.1 Å². The van der Waals surface area contributed by atoms with E-state index in [1.54, 1.807) is 11.3 Å². The highest BCUT2D eigenvalue weighted by Crippen LogP contribution is 2.21. The van der Waals surface area contributed by atoms with Gasteiger partial charge in [0.15, 0.2) is 5.11 Å². The fraction of sp³-hybridized carbons (Fsp3) is 0.444. The van der Waals surface area contributed by atoms with E-state index in [0.717, 1.165) is 10.3 Å². The van der Waals surface area contributed by atoms with Gasteiger partial charge in [-0.3, -0.25) is 0 Å². The lowest BCUT2D eigenvalue weighted by Gasteiger charge is -2.12. The van der Waals surface area contributed by atoms with E-state index in [2.05, 4.69) is 46.5 Å². The summed E-state index contributed by atoms with van der Waals surface area (Å²) in [6.45, 7) is 4.92. The van der Waals surface area contributed by atoms with E-state index in [1.165, 1.54) is 4.88 Å². The molecule has 0 saturated heterocycles. The lowest BCUT2D eigenvalue weighted by Crippen LogP contribution is -2.38. The molecule has 0 aliphatic carbocycles. The summed E-state index contributed by atoms with van der Waals surface area (Å²) in [5.74, 6) is 0. The van der Waals surface area contributed by atoms with Gasteiger partial charge < -0.3 is 10.6 Å². The molecule has 2 N–H and O–H groups in total. The molecule has 0 radical (unpaired) electrons. The minimum absolute atomic E-state index is 0.380. The van der Waals surface area contributed by atoms with Gasteiger partial charge in [0.1, 0.15) is 0 Å². The van der Waals surface area contributed by atoms with Crippen LogP contribution >= 0.6 is 39.5 Å². The zero-order valence-corrected chi connectivity index (χ0v) is 11.4. The Morgan fingerprint density at radius 2 is 2.29 bits per heavy atom. The van der Waals surface area contributed by atoms with Gasteiger partial charge >= 0.3 is 0 Å². The molecule has 0 atom stereocenters. The van der Waals surface area contributed by atoms with Crippen molar-refractivity contribution in [2.75, 3.05) is 0 Å². The molecule has 1 aromatic rings. The maximum absolute atomic E-state index is 5.11. The Morgan fingerprint density at radius 1 is 1.57 bits per heavy atom. The van der Waals surface area contributed by atoms with E-state index < -0.39 is 0 Å². The quantitative estimate of drug-likeness (QED) is 0.838. The fourth-order valence-corrected chi connectivity index (χ4v) is 2.66. The van der Waals surface area contributed by atoms with Crippen molar-refractivity contribution in [3.63, 3.8) is 0 Å². The summed E-state index contributed by atoms with van der Waals surface area (Å²) in [7, 11) is 0. The second-order valence-electron chi connectivity index (χ2n) is 3.19. The molecular weight excluding hydrogens is 280 g/mol. The first kappa shape index (κ1) is 11.9. The van der Waals surface area contributed by atoms with Crippen LogP contribution in [0, 0.1) is 0 Å². The third-order valence-corrected chi connectivity index (χ3v) is 3.36. The van der Waals surface area contributed by atoms with Crippen molar-refractivity contribution in [1.82, 2.24) is 10.6 Å². The van der Waals surface area contributed by atoms with Crippen LogP contribution in [-0.2, 0) is 6.54 Å². The zero-order chi connectivity index (χ0) is 10.6. The maximum atomic E-state index is 5.11. The van der Waals surface area contributed by atoms with Crippen LogP contribution in [-0.4, -0.2) is 11.2 Å². The minimum Gasteiger partial charge on any atom is -0.361 e. The number of thiophene rings is 1. The first-order valence-corrected chi connectivity index (χ1v) is 6.38. The van der Waals surface area contributed by atoms with Crippen LogP contribution in [0.5, 0.6) is 0 Å². The molecule has 0 saturated carbocycles. The molecule has 14 heavy (non-hydrogen) atoms. The molecule has 1 heterocycles. The Morgan fingerprint density at radius 3 is 2.79 bits per heavy atom. The molecular formula is C9H13BrN2S2. The second kappa shape index (κ2) is 5.68. The van der Waals surface area contributed by atoms with Crippen molar-refractivity contribution < 1.29 is 0 Å². The van der Waals surface area contributed by atoms with Gasteiger partial charge in [0, 0.05) is 10.9 Å². The van der Waals surface area contributed by atoms with E-state index in [-0.39, 0.29) is 0 Å². The van der Waals surface area contributed by atoms with Crippen molar-refractivity contribution in [3.8, 4) is 0 Å². The summed E-state index contributed by atoms with van der Waals surface area (Å²) < 4.78 is 1.15. The molecule has 0 bridgehead atoms. The van der Waals surface area contributed by atoms with Gasteiger partial charge in [-0.25, -0.2) is 0 Å². The Hall–Kier alpha value is -0.130. The smallest absolute Gasteiger partial charge is 0.166 e. The zero-order valence-electron chi connectivity index (χ0n) is 8.13. The summed E-state index contributed by atoms with van der Waals surface area (Å²) in [6, 6.07) is 4.51. The average Bonchev–Trinajstić information content (AvgIpc) is 2.47. The lowest BCUT2D eigenvalue weighted by molar-refractivity contribution is 0.714. The van der Waals surface area contributed by atoms with Crippen LogP contribution in [0.3, 0.4) is 0 Å². The van der Waals surface area contributed by atoms with Crippen LogP contribution in [0.15, 0.2) is 15.9 Å². The Balaban J connectivity index is 2.30. The summed E-state index contributed by atoms with van der Waals surface area (Å²) in [4.78, 5) is 1.27. The fourth-order valence-electron chi connectivity index (χ4n) is 0.927. The van der Waals surface area contributed by atoms with E-state index >= 15 is 0 Å². The van der Waals surface area contributed by atoms with Gasteiger partial charge in [-0.05, 0) is 54.1 Å². The predicted octanol–water partition coefficient (Wildman–Crippen LogP) is 2.88. The third kappa shape index (κ3) is 4.39. The number of hydrogen-bond donors (Lipinski definition) is 2. The van der Waals surface area contributed by atoms with Crippen molar-refractivity contribution in [3.05, 3.63) is 20.8 Å². The molecule has 0 amide bonds. The largest absolute Gasteiger partial charge is 0.361 e. The highest BCUT2D eigenvalue weighted by Gasteiger charge is 2.00. The first-order chi connectivity index (χ1) is 6.58. The molecule has 0 aliphatic rings. The molecule has 2 nitrogen and oxygen atoms in total. The summed E-state index contributed by atoms with van der Waals surface area (Å²) in [5, 5.41) is 7.00. The lowest BCUT2D eigenvalue weighted by atomic mass is 10.4. The minimum atomic E-state index is 0.380. The van der Waals surface area contributed by atoms with Crippen molar-refractivity contribution in [2.24, 2.45) is 0 Å². The summed E-state index contributed by atoms with van der Waals surface area (Å²) in [5.41, 5.74) is 0. The molecule has 0 unspecified atom stereocenters. The molecule has 5 heteroatoms. The van der Waals surface area contributed by atoms with E-state index in [9.17, 15) is 0 Å². The highest BCUT2D eigenvalue weighted by atomic mass is 79.9. The van der Waals surface area contributed by atoms with Crippen LogP contribution in [0.25, 0.3) is 0 Å². The number of nitrogens with one attached hydrogen (secondary N) is 2. The Labute approximate surface area is 102 Å². The SMILES string of the molecule is CC(C)NC(=S)NCc1ccc(Br)s1. The monoisotopic (exact) mass is 292 g/mol. The van der Waals surface area contributed by atoms with Gasteiger partial charge in [-0.1, -0.05) is 0 Å². The van der Waals surface area contributed by atoms with Crippen LogP contribution in [0.4, 0.5) is 0 Å². The molecule has 1 aromatic heterocycles.